The van der Waals surface area contributed by atoms with Crippen molar-refractivity contribution in [3.05, 3.63) is 90.1 Å². The minimum atomic E-state index is -0.369. The minimum absolute atomic E-state index is 0.0735. The fourth-order valence-corrected chi connectivity index (χ4v) is 3.78. The maximum atomic E-state index is 13.1. The number of rotatable bonds is 5. The SMILES string of the molecule is O=C(Nc1ccc(N2CCCCC2)cn1)C(c1ccccc1)c1ccccc1. The fourth-order valence-electron chi connectivity index (χ4n) is 3.78. The van der Waals surface area contributed by atoms with Crippen LogP contribution >= 0.6 is 0 Å². The molecule has 28 heavy (non-hydrogen) atoms. The molecule has 2 aromatic carbocycles. The Kier molecular flexibility index (Phi) is 5.66. The van der Waals surface area contributed by atoms with Gasteiger partial charge in [-0.05, 0) is 42.5 Å². The lowest BCUT2D eigenvalue weighted by atomic mass is 9.90. The van der Waals surface area contributed by atoms with E-state index in [-0.39, 0.29) is 11.8 Å². The van der Waals surface area contributed by atoms with Crippen LogP contribution in [0.25, 0.3) is 0 Å². The Morgan fingerprint density at radius 3 is 1.96 bits per heavy atom. The predicted molar refractivity (Wildman–Crippen MR) is 114 cm³/mol. The van der Waals surface area contributed by atoms with Crippen molar-refractivity contribution in [2.45, 2.75) is 25.2 Å². The van der Waals surface area contributed by atoms with E-state index in [0.29, 0.717) is 5.82 Å². The molecule has 2 heterocycles. The Labute approximate surface area is 166 Å². The molecule has 0 saturated carbocycles. The molecule has 3 aromatic rings. The Morgan fingerprint density at radius 1 is 0.821 bits per heavy atom. The normalized spacial score (nSPS) is 14.1. The highest BCUT2D eigenvalue weighted by Gasteiger charge is 2.23. The maximum absolute atomic E-state index is 13.1. The molecule has 0 spiro atoms. The number of nitrogens with zero attached hydrogens (tertiary/aromatic N) is 2. The first-order valence-electron chi connectivity index (χ1n) is 9.93. The van der Waals surface area contributed by atoms with Gasteiger partial charge in [-0.3, -0.25) is 4.79 Å². The molecule has 0 bridgehead atoms. The average molecular weight is 371 g/mol. The van der Waals surface area contributed by atoms with Crippen LogP contribution < -0.4 is 10.2 Å². The first-order valence-corrected chi connectivity index (χ1v) is 9.93. The summed E-state index contributed by atoms with van der Waals surface area (Å²) in [6.07, 6.45) is 5.63. The molecule has 0 aliphatic carbocycles. The van der Waals surface area contributed by atoms with Crippen molar-refractivity contribution in [2.24, 2.45) is 0 Å². The van der Waals surface area contributed by atoms with Crippen LogP contribution in [-0.4, -0.2) is 24.0 Å². The van der Waals surface area contributed by atoms with Gasteiger partial charge < -0.3 is 10.2 Å². The molecule has 1 aliphatic rings. The fraction of sp³-hybridized carbons (Fsp3) is 0.250. The van der Waals surface area contributed by atoms with Crippen LogP contribution in [0.4, 0.5) is 11.5 Å². The molecule has 4 rings (SSSR count). The van der Waals surface area contributed by atoms with E-state index in [0.717, 1.165) is 29.9 Å². The average Bonchev–Trinajstić information content (AvgIpc) is 2.77. The third-order valence-electron chi connectivity index (χ3n) is 5.25. The summed E-state index contributed by atoms with van der Waals surface area (Å²) in [5, 5.41) is 3.00. The highest BCUT2D eigenvalue weighted by Crippen LogP contribution is 2.26. The van der Waals surface area contributed by atoms with E-state index in [1.807, 2.05) is 79.0 Å². The van der Waals surface area contributed by atoms with E-state index >= 15 is 0 Å². The maximum Gasteiger partial charge on any atom is 0.237 e. The largest absolute Gasteiger partial charge is 0.370 e. The summed E-state index contributed by atoms with van der Waals surface area (Å²) in [6, 6.07) is 23.7. The number of nitrogens with one attached hydrogen (secondary N) is 1. The number of piperidine rings is 1. The first kappa shape index (κ1) is 18.2. The second-order valence-corrected chi connectivity index (χ2v) is 7.19. The molecule has 4 nitrogen and oxygen atoms in total. The summed E-state index contributed by atoms with van der Waals surface area (Å²) in [6.45, 7) is 2.16. The van der Waals surface area contributed by atoms with E-state index < -0.39 is 0 Å². The molecule has 142 valence electrons. The van der Waals surface area contributed by atoms with Crippen LogP contribution in [-0.2, 0) is 4.79 Å². The highest BCUT2D eigenvalue weighted by atomic mass is 16.1. The van der Waals surface area contributed by atoms with Gasteiger partial charge in [0.2, 0.25) is 5.91 Å². The van der Waals surface area contributed by atoms with Crippen LogP contribution in [0.2, 0.25) is 0 Å². The summed E-state index contributed by atoms with van der Waals surface area (Å²) < 4.78 is 0. The van der Waals surface area contributed by atoms with E-state index in [1.165, 1.54) is 19.3 Å². The molecule has 0 radical (unpaired) electrons. The smallest absolute Gasteiger partial charge is 0.237 e. The number of amides is 1. The van der Waals surface area contributed by atoms with Crippen molar-refractivity contribution in [3.8, 4) is 0 Å². The van der Waals surface area contributed by atoms with Gasteiger partial charge in [-0.25, -0.2) is 4.98 Å². The number of hydrogen-bond acceptors (Lipinski definition) is 3. The molecule has 0 unspecified atom stereocenters. The Balaban J connectivity index is 1.53. The standard InChI is InChI=1S/C24H25N3O/c28-24(23(19-10-4-1-5-11-19)20-12-6-2-7-13-20)26-22-15-14-21(18-25-22)27-16-8-3-9-17-27/h1-2,4-7,10-15,18,23H,3,8-9,16-17H2,(H,25,26,28). The second kappa shape index (κ2) is 8.70. The van der Waals surface area contributed by atoms with Crippen LogP contribution in [0, 0.1) is 0 Å². The molecular weight excluding hydrogens is 346 g/mol. The number of carbonyl (C=O) groups excluding carboxylic acids is 1. The lowest BCUT2D eigenvalue weighted by Gasteiger charge is -2.28. The van der Waals surface area contributed by atoms with Crippen molar-refractivity contribution >= 4 is 17.4 Å². The summed E-state index contributed by atoms with van der Waals surface area (Å²) in [7, 11) is 0. The Morgan fingerprint density at radius 2 is 1.43 bits per heavy atom. The highest BCUT2D eigenvalue weighted by molar-refractivity contribution is 5.97. The van der Waals surface area contributed by atoms with Gasteiger partial charge in [0, 0.05) is 13.1 Å². The predicted octanol–water partition coefficient (Wildman–Crippen LogP) is 4.84. The van der Waals surface area contributed by atoms with Gasteiger partial charge in [0.1, 0.15) is 5.82 Å². The molecule has 4 heteroatoms. The van der Waals surface area contributed by atoms with Crippen molar-refractivity contribution in [2.75, 3.05) is 23.3 Å². The number of benzene rings is 2. The lowest BCUT2D eigenvalue weighted by Crippen LogP contribution is -2.29. The van der Waals surface area contributed by atoms with Gasteiger partial charge in [-0.2, -0.15) is 0 Å². The van der Waals surface area contributed by atoms with Gasteiger partial charge in [-0.15, -0.1) is 0 Å². The second-order valence-electron chi connectivity index (χ2n) is 7.19. The number of carbonyl (C=O) groups is 1. The van der Waals surface area contributed by atoms with E-state index in [1.54, 1.807) is 0 Å². The lowest BCUT2D eigenvalue weighted by molar-refractivity contribution is -0.116. The van der Waals surface area contributed by atoms with E-state index in [4.69, 9.17) is 0 Å². The van der Waals surface area contributed by atoms with Gasteiger partial charge in [-0.1, -0.05) is 60.7 Å². The van der Waals surface area contributed by atoms with Crippen molar-refractivity contribution in [1.82, 2.24) is 4.98 Å². The molecule has 1 aliphatic heterocycles. The molecule has 1 saturated heterocycles. The first-order chi connectivity index (χ1) is 13.8. The van der Waals surface area contributed by atoms with Gasteiger partial charge in [0.05, 0.1) is 17.8 Å². The molecule has 1 aromatic heterocycles. The van der Waals surface area contributed by atoms with Crippen LogP contribution in [0.1, 0.15) is 36.3 Å². The van der Waals surface area contributed by atoms with Gasteiger partial charge in [0.25, 0.3) is 0 Å². The van der Waals surface area contributed by atoms with Crippen LogP contribution in [0.5, 0.6) is 0 Å². The van der Waals surface area contributed by atoms with Crippen molar-refractivity contribution in [1.29, 1.82) is 0 Å². The number of hydrogen-bond donors (Lipinski definition) is 1. The monoisotopic (exact) mass is 371 g/mol. The summed E-state index contributed by atoms with van der Waals surface area (Å²) in [5.41, 5.74) is 3.06. The Hall–Kier alpha value is -3.14. The van der Waals surface area contributed by atoms with E-state index in [9.17, 15) is 4.79 Å². The molecule has 0 atom stereocenters. The molecule has 1 N–H and O–H groups in total. The van der Waals surface area contributed by atoms with Crippen molar-refractivity contribution in [3.63, 3.8) is 0 Å². The molecule has 1 amide bonds. The quantitative estimate of drug-likeness (QED) is 0.698. The summed E-state index contributed by atoms with van der Waals surface area (Å²) >= 11 is 0. The van der Waals surface area contributed by atoms with Gasteiger partial charge >= 0.3 is 0 Å². The van der Waals surface area contributed by atoms with Crippen molar-refractivity contribution < 1.29 is 4.79 Å². The zero-order valence-corrected chi connectivity index (χ0v) is 15.9. The van der Waals surface area contributed by atoms with E-state index in [2.05, 4.69) is 15.2 Å². The zero-order valence-electron chi connectivity index (χ0n) is 15.9. The summed E-state index contributed by atoms with van der Waals surface area (Å²) in [5.74, 6) is 0.143. The molecular formula is C24H25N3O. The third kappa shape index (κ3) is 4.22. The number of aromatic nitrogens is 1. The summed E-state index contributed by atoms with van der Waals surface area (Å²) in [4.78, 5) is 20.0. The Bertz CT molecular complexity index is 849. The number of pyridine rings is 1. The minimum Gasteiger partial charge on any atom is -0.370 e. The number of anilines is 2. The topological polar surface area (TPSA) is 45.2 Å². The zero-order chi connectivity index (χ0) is 19.2. The van der Waals surface area contributed by atoms with Crippen LogP contribution in [0.15, 0.2) is 79.0 Å². The molecule has 1 fully saturated rings. The van der Waals surface area contributed by atoms with Gasteiger partial charge in [0.15, 0.2) is 0 Å². The third-order valence-corrected chi connectivity index (χ3v) is 5.25. The van der Waals surface area contributed by atoms with Crippen LogP contribution in [0.3, 0.4) is 0 Å².